The molecule has 2 aromatic heterocycles. The summed E-state index contributed by atoms with van der Waals surface area (Å²) in [5, 5.41) is 1.15. The van der Waals surface area contributed by atoms with Crippen LogP contribution in [0.5, 0.6) is 0 Å². The van der Waals surface area contributed by atoms with Gasteiger partial charge in [0.25, 0.3) is 5.91 Å². The summed E-state index contributed by atoms with van der Waals surface area (Å²) in [5.41, 5.74) is 2.15. The molecular weight excluding hydrogens is 408 g/mol. The van der Waals surface area contributed by atoms with Gasteiger partial charge in [-0.25, -0.2) is 0 Å². The summed E-state index contributed by atoms with van der Waals surface area (Å²) in [4.78, 5) is 25.3. The highest BCUT2D eigenvalue weighted by Gasteiger charge is 2.27. The number of pyridine rings is 1. The summed E-state index contributed by atoms with van der Waals surface area (Å²) in [6, 6.07) is 6.65. The molecule has 2 aliphatic rings. The number of piperidine rings is 1. The van der Waals surface area contributed by atoms with Crippen molar-refractivity contribution in [2.24, 2.45) is 5.92 Å². The third-order valence-electron chi connectivity index (χ3n) is 6.35. The molecule has 7 heteroatoms. The zero-order valence-corrected chi connectivity index (χ0v) is 19.7. The molecule has 0 bridgehead atoms. The third-order valence-corrected chi connectivity index (χ3v) is 7.54. The number of aromatic nitrogens is 1. The number of carbonyl (C=O) groups is 1. The molecule has 2 aromatic rings. The van der Waals surface area contributed by atoms with Gasteiger partial charge in [-0.15, -0.1) is 11.3 Å². The predicted molar refractivity (Wildman–Crippen MR) is 127 cm³/mol. The summed E-state index contributed by atoms with van der Waals surface area (Å²) in [6.45, 7) is 10.7. The minimum atomic E-state index is 0.122. The van der Waals surface area contributed by atoms with E-state index in [2.05, 4.69) is 40.8 Å². The van der Waals surface area contributed by atoms with E-state index < -0.39 is 0 Å². The van der Waals surface area contributed by atoms with Crippen LogP contribution in [0.25, 0.3) is 11.1 Å². The quantitative estimate of drug-likeness (QED) is 0.680. The molecule has 1 unspecified atom stereocenters. The second-order valence-electron chi connectivity index (χ2n) is 8.95. The van der Waals surface area contributed by atoms with Crippen molar-refractivity contribution in [3.8, 4) is 11.1 Å². The van der Waals surface area contributed by atoms with Crippen LogP contribution in [-0.4, -0.2) is 79.7 Å². The van der Waals surface area contributed by atoms with Crippen molar-refractivity contribution in [1.82, 2.24) is 14.8 Å². The molecule has 2 saturated heterocycles. The predicted octanol–water partition coefficient (Wildman–Crippen LogP) is 3.84. The maximum atomic E-state index is 13.4. The van der Waals surface area contributed by atoms with Gasteiger partial charge < -0.3 is 19.4 Å². The smallest absolute Gasteiger partial charge is 0.263 e. The maximum absolute atomic E-state index is 13.4. The van der Waals surface area contributed by atoms with Crippen LogP contribution in [-0.2, 0) is 4.74 Å². The van der Waals surface area contributed by atoms with Crippen LogP contribution in [0.3, 0.4) is 0 Å². The number of thiophene rings is 1. The Morgan fingerprint density at radius 2 is 2.13 bits per heavy atom. The van der Waals surface area contributed by atoms with Crippen molar-refractivity contribution in [2.75, 3.05) is 57.9 Å². The van der Waals surface area contributed by atoms with E-state index in [-0.39, 0.29) is 5.91 Å². The fourth-order valence-electron chi connectivity index (χ4n) is 4.59. The van der Waals surface area contributed by atoms with E-state index in [1.165, 1.54) is 19.4 Å². The van der Waals surface area contributed by atoms with Gasteiger partial charge in [0.1, 0.15) is 0 Å². The number of carbonyl (C=O) groups excluding carboxylic acids is 1. The molecule has 0 radical (unpaired) electrons. The number of anilines is 1. The molecule has 2 aliphatic heterocycles. The lowest BCUT2D eigenvalue weighted by molar-refractivity contribution is 0.0713. The summed E-state index contributed by atoms with van der Waals surface area (Å²) < 4.78 is 5.54. The van der Waals surface area contributed by atoms with E-state index in [1.807, 2.05) is 24.2 Å². The van der Waals surface area contributed by atoms with Crippen molar-refractivity contribution in [2.45, 2.75) is 32.7 Å². The Balaban J connectivity index is 1.52. The first-order valence-electron chi connectivity index (χ1n) is 11.4. The summed E-state index contributed by atoms with van der Waals surface area (Å²) in [7, 11) is 1.95. The Hall–Kier alpha value is -1.96. The average Bonchev–Trinajstić information content (AvgIpc) is 3.25. The fraction of sp³-hybridized carbons (Fsp3) is 0.583. The van der Waals surface area contributed by atoms with Crippen LogP contribution in [0.4, 0.5) is 5.00 Å². The van der Waals surface area contributed by atoms with Crippen LogP contribution in [0, 0.1) is 5.92 Å². The average molecular weight is 443 g/mol. The van der Waals surface area contributed by atoms with E-state index in [9.17, 15) is 4.79 Å². The summed E-state index contributed by atoms with van der Waals surface area (Å²) in [5.74, 6) is 0.665. The van der Waals surface area contributed by atoms with Crippen LogP contribution >= 0.6 is 11.3 Å². The topological polar surface area (TPSA) is 48.9 Å². The van der Waals surface area contributed by atoms with E-state index in [1.54, 1.807) is 17.5 Å². The van der Waals surface area contributed by atoms with Gasteiger partial charge in [0, 0.05) is 62.8 Å². The zero-order valence-electron chi connectivity index (χ0n) is 18.9. The molecule has 0 aromatic carbocycles. The number of ether oxygens (including phenoxy) is 1. The van der Waals surface area contributed by atoms with Gasteiger partial charge in [-0.05, 0) is 51.3 Å². The van der Waals surface area contributed by atoms with Crippen LogP contribution < -0.4 is 4.90 Å². The fourth-order valence-corrected chi connectivity index (χ4v) is 5.82. The number of morpholine rings is 1. The van der Waals surface area contributed by atoms with Crippen molar-refractivity contribution in [3.63, 3.8) is 0 Å². The molecule has 0 spiro atoms. The lowest BCUT2D eigenvalue weighted by atomic mass is 9.96. The Bertz CT molecular complexity index is 864. The standard InChI is InChI=1S/C24H34N4O2S/c1-18(2)28-9-5-6-19(17-28)16-26(3)23(29)22-14-21(20-7-4-8-25-15-20)24(31-22)27-10-12-30-13-11-27/h4,7-8,14-15,18-19H,5-6,9-13,16-17H2,1-3H3. The molecule has 0 N–H and O–H groups in total. The van der Waals surface area contributed by atoms with Gasteiger partial charge in [-0.1, -0.05) is 6.07 Å². The molecule has 1 amide bonds. The minimum absolute atomic E-state index is 0.122. The molecule has 168 valence electrons. The Morgan fingerprint density at radius 1 is 1.32 bits per heavy atom. The first-order valence-corrected chi connectivity index (χ1v) is 12.2. The number of rotatable bonds is 6. The second-order valence-corrected chi connectivity index (χ2v) is 9.98. The van der Waals surface area contributed by atoms with E-state index >= 15 is 0 Å². The van der Waals surface area contributed by atoms with Crippen LogP contribution in [0.2, 0.25) is 0 Å². The Kier molecular flexibility index (Phi) is 7.25. The first-order chi connectivity index (χ1) is 15.0. The van der Waals surface area contributed by atoms with Crippen molar-refractivity contribution in [1.29, 1.82) is 0 Å². The largest absolute Gasteiger partial charge is 0.378 e. The molecule has 4 heterocycles. The molecule has 1 atom stereocenters. The van der Waals surface area contributed by atoms with Gasteiger partial charge >= 0.3 is 0 Å². The molecule has 0 aliphatic carbocycles. The van der Waals surface area contributed by atoms with Gasteiger partial charge in [0.05, 0.1) is 23.1 Å². The Labute approximate surface area is 189 Å². The normalized spacial score (nSPS) is 20.3. The van der Waals surface area contributed by atoms with Gasteiger partial charge in [0.2, 0.25) is 0 Å². The number of amides is 1. The zero-order chi connectivity index (χ0) is 21.8. The lowest BCUT2D eigenvalue weighted by Gasteiger charge is -2.36. The number of nitrogens with zero attached hydrogens (tertiary/aromatic N) is 4. The molecule has 2 fully saturated rings. The summed E-state index contributed by atoms with van der Waals surface area (Å²) in [6.07, 6.45) is 6.09. The van der Waals surface area contributed by atoms with E-state index in [0.717, 1.165) is 60.4 Å². The second kappa shape index (κ2) is 10.1. The number of likely N-dealkylation sites (tertiary alicyclic amines) is 1. The van der Waals surface area contributed by atoms with Crippen LogP contribution in [0.1, 0.15) is 36.4 Å². The SMILES string of the molecule is CC(C)N1CCCC(CN(C)C(=O)c2cc(-c3cccnc3)c(N3CCOCC3)s2)C1. The van der Waals surface area contributed by atoms with E-state index in [4.69, 9.17) is 4.74 Å². The third kappa shape index (κ3) is 5.27. The molecule has 0 saturated carbocycles. The van der Waals surface area contributed by atoms with Crippen molar-refractivity contribution >= 4 is 22.2 Å². The monoisotopic (exact) mass is 442 g/mol. The number of hydrogen-bond acceptors (Lipinski definition) is 6. The Morgan fingerprint density at radius 3 is 2.84 bits per heavy atom. The highest BCUT2D eigenvalue weighted by atomic mass is 32.1. The molecule has 6 nitrogen and oxygen atoms in total. The molecule has 4 rings (SSSR count). The highest BCUT2D eigenvalue weighted by Crippen LogP contribution is 2.39. The summed E-state index contributed by atoms with van der Waals surface area (Å²) >= 11 is 1.61. The first kappa shape index (κ1) is 22.2. The lowest BCUT2D eigenvalue weighted by Crippen LogP contribution is -2.44. The van der Waals surface area contributed by atoms with Crippen LogP contribution in [0.15, 0.2) is 30.6 Å². The van der Waals surface area contributed by atoms with Gasteiger partial charge in [0.15, 0.2) is 0 Å². The highest BCUT2D eigenvalue weighted by molar-refractivity contribution is 7.18. The van der Waals surface area contributed by atoms with Gasteiger partial charge in [-0.3, -0.25) is 9.78 Å². The van der Waals surface area contributed by atoms with E-state index in [0.29, 0.717) is 12.0 Å². The molecular formula is C24H34N4O2S. The minimum Gasteiger partial charge on any atom is -0.378 e. The van der Waals surface area contributed by atoms with Crippen molar-refractivity contribution in [3.05, 3.63) is 35.5 Å². The maximum Gasteiger partial charge on any atom is 0.263 e. The van der Waals surface area contributed by atoms with Gasteiger partial charge in [-0.2, -0.15) is 0 Å². The number of hydrogen-bond donors (Lipinski definition) is 0. The van der Waals surface area contributed by atoms with Crippen molar-refractivity contribution < 1.29 is 9.53 Å². The molecule has 31 heavy (non-hydrogen) atoms.